The van der Waals surface area contributed by atoms with Crippen LogP contribution in [0.15, 0.2) is 18.2 Å². The predicted molar refractivity (Wildman–Crippen MR) is 105 cm³/mol. The summed E-state index contributed by atoms with van der Waals surface area (Å²) < 4.78 is 11.5. The molecule has 3 atom stereocenters. The van der Waals surface area contributed by atoms with E-state index in [2.05, 4.69) is 17.6 Å². The van der Waals surface area contributed by atoms with Crippen LogP contribution in [-0.2, 0) is 9.53 Å². The highest BCUT2D eigenvalue weighted by Gasteiger charge is 2.25. The Labute approximate surface area is 161 Å². The summed E-state index contributed by atoms with van der Waals surface area (Å²) in [7, 11) is 3.42. The molecule has 0 unspecified atom stereocenters. The largest absolute Gasteiger partial charge is 0.491 e. The number of hydrogen-bond donors (Lipinski definition) is 2. The van der Waals surface area contributed by atoms with Crippen LogP contribution in [0.5, 0.6) is 5.75 Å². The Morgan fingerprint density at radius 3 is 2.81 bits per heavy atom. The molecule has 1 aliphatic heterocycles. The van der Waals surface area contributed by atoms with Gasteiger partial charge in [0.2, 0.25) is 5.91 Å². The third-order valence-corrected chi connectivity index (χ3v) is 4.83. The molecule has 1 aliphatic rings. The minimum absolute atomic E-state index is 0.0783. The summed E-state index contributed by atoms with van der Waals surface area (Å²) >= 11 is 0. The highest BCUT2D eigenvalue weighted by Crippen LogP contribution is 2.25. The highest BCUT2D eigenvalue weighted by atomic mass is 16.5. The Bertz CT molecular complexity index is 665. The van der Waals surface area contributed by atoms with E-state index in [1.54, 1.807) is 44.2 Å². The van der Waals surface area contributed by atoms with E-state index in [1.165, 1.54) is 0 Å². The number of benzene rings is 1. The maximum atomic E-state index is 13.1. The second kappa shape index (κ2) is 9.71. The lowest BCUT2D eigenvalue weighted by Crippen LogP contribution is -2.44. The average molecular weight is 377 g/mol. The molecule has 27 heavy (non-hydrogen) atoms. The van der Waals surface area contributed by atoms with E-state index < -0.39 is 0 Å². The quantitative estimate of drug-likeness (QED) is 0.844. The first-order valence-corrected chi connectivity index (χ1v) is 9.44. The number of carbonyl (C=O) groups excluding carboxylic acids is 2. The van der Waals surface area contributed by atoms with Crippen molar-refractivity contribution in [2.45, 2.75) is 39.3 Å². The minimum atomic E-state index is -0.159. The number of nitrogens with one attached hydrogen (secondary N) is 2. The van der Waals surface area contributed by atoms with Crippen LogP contribution >= 0.6 is 0 Å². The van der Waals surface area contributed by atoms with E-state index in [0.717, 1.165) is 6.54 Å². The van der Waals surface area contributed by atoms with Gasteiger partial charge in [-0.1, -0.05) is 13.8 Å². The number of rotatable bonds is 3. The van der Waals surface area contributed by atoms with Crippen molar-refractivity contribution >= 4 is 17.5 Å². The summed E-state index contributed by atoms with van der Waals surface area (Å²) in [5, 5.41) is 6.25. The Morgan fingerprint density at radius 2 is 2.15 bits per heavy atom. The number of methoxy groups -OCH3 is 1. The van der Waals surface area contributed by atoms with Crippen molar-refractivity contribution in [1.82, 2.24) is 10.2 Å². The lowest BCUT2D eigenvalue weighted by Gasteiger charge is -2.30. The molecule has 2 N–H and O–H groups in total. The maximum Gasteiger partial charge on any atom is 0.257 e. The highest BCUT2D eigenvalue weighted by molar-refractivity contribution is 5.99. The lowest BCUT2D eigenvalue weighted by molar-refractivity contribution is -0.115. The number of nitrogens with zero attached hydrogens (tertiary/aromatic N) is 1. The topological polar surface area (TPSA) is 79.9 Å². The first kappa shape index (κ1) is 21.2. The van der Waals surface area contributed by atoms with Crippen molar-refractivity contribution in [3.63, 3.8) is 0 Å². The van der Waals surface area contributed by atoms with Gasteiger partial charge in [0.1, 0.15) is 12.4 Å². The molecule has 0 saturated carbocycles. The second-order valence-electron chi connectivity index (χ2n) is 7.17. The maximum absolute atomic E-state index is 13.1. The summed E-state index contributed by atoms with van der Waals surface area (Å²) in [6.07, 6.45) is 0.295. The van der Waals surface area contributed by atoms with Gasteiger partial charge < -0.3 is 25.0 Å². The molecule has 0 bridgehead atoms. The number of anilines is 1. The van der Waals surface area contributed by atoms with Crippen LogP contribution in [-0.4, -0.2) is 62.7 Å². The summed E-state index contributed by atoms with van der Waals surface area (Å²) in [5.41, 5.74) is 1.02. The molecule has 7 heteroatoms. The average Bonchev–Trinajstić information content (AvgIpc) is 2.67. The molecule has 1 heterocycles. The van der Waals surface area contributed by atoms with Gasteiger partial charge in [0.15, 0.2) is 0 Å². The molecule has 1 aromatic rings. The zero-order chi connectivity index (χ0) is 20.0. The molecule has 7 nitrogen and oxygen atoms in total. The Morgan fingerprint density at radius 1 is 1.41 bits per heavy atom. The van der Waals surface area contributed by atoms with Gasteiger partial charge in [0.05, 0.1) is 11.7 Å². The van der Waals surface area contributed by atoms with Crippen molar-refractivity contribution in [2.24, 2.45) is 5.92 Å². The molecular formula is C20H31N3O4. The number of hydrogen-bond acceptors (Lipinski definition) is 5. The van der Waals surface area contributed by atoms with Gasteiger partial charge in [0.25, 0.3) is 5.91 Å². The van der Waals surface area contributed by atoms with Crippen LogP contribution in [0.2, 0.25) is 0 Å². The fourth-order valence-corrected chi connectivity index (χ4v) is 2.99. The number of carbonyl (C=O) groups is 2. The molecule has 0 spiro atoms. The zero-order valence-corrected chi connectivity index (χ0v) is 16.9. The first-order chi connectivity index (χ1) is 12.8. The number of amides is 2. The van der Waals surface area contributed by atoms with Crippen molar-refractivity contribution in [2.75, 3.05) is 39.2 Å². The molecule has 150 valence electrons. The second-order valence-corrected chi connectivity index (χ2v) is 7.17. The van der Waals surface area contributed by atoms with Crippen molar-refractivity contribution < 1.29 is 19.1 Å². The smallest absolute Gasteiger partial charge is 0.257 e. The van der Waals surface area contributed by atoms with Gasteiger partial charge >= 0.3 is 0 Å². The molecule has 0 radical (unpaired) electrons. The van der Waals surface area contributed by atoms with Crippen LogP contribution in [0.3, 0.4) is 0 Å². The van der Waals surface area contributed by atoms with Crippen LogP contribution in [0.4, 0.5) is 5.69 Å². The standard InChI is InChI=1S/C20H31N3O4/c1-6-19(24)22-15-7-8-17-16(9-15)20(25)23(4)11-18(26-5)13(2)10-21-14(3)12-27-17/h7-9,13-14,18,21H,6,10-12H2,1-5H3,(H,22,24)/t13-,14+,18-/m1/s1. The van der Waals surface area contributed by atoms with Gasteiger partial charge in [0, 0.05) is 45.4 Å². The number of fused-ring (bicyclic) bond motifs is 1. The zero-order valence-electron chi connectivity index (χ0n) is 16.9. The van der Waals surface area contributed by atoms with Crippen molar-refractivity contribution in [3.8, 4) is 5.75 Å². The molecule has 0 saturated heterocycles. The molecule has 0 fully saturated rings. The third-order valence-electron chi connectivity index (χ3n) is 4.83. The minimum Gasteiger partial charge on any atom is -0.491 e. The van der Waals surface area contributed by atoms with E-state index in [9.17, 15) is 9.59 Å². The van der Waals surface area contributed by atoms with Gasteiger partial charge in [-0.25, -0.2) is 0 Å². The fraction of sp³-hybridized carbons (Fsp3) is 0.600. The van der Waals surface area contributed by atoms with Gasteiger partial charge in [-0.05, 0) is 31.0 Å². The molecule has 0 aliphatic carbocycles. The SMILES string of the molecule is CCC(=O)Nc1ccc2c(c1)C(=O)N(C)C[C@@H](OC)[C@H](C)CN[C@@H](C)CO2. The van der Waals surface area contributed by atoms with Crippen LogP contribution in [0, 0.1) is 5.92 Å². The molecule has 2 amide bonds. The first-order valence-electron chi connectivity index (χ1n) is 9.44. The van der Waals surface area contributed by atoms with E-state index in [4.69, 9.17) is 9.47 Å². The lowest BCUT2D eigenvalue weighted by atomic mass is 10.0. The Kier molecular flexibility index (Phi) is 7.62. The van der Waals surface area contributed by atoms with E-state index in [-0.39, 0.29) is 29.9 Å². The number of likely N-dealkylation sites (N-methyl/N-ethyl adjacent to an activating group) is 1. The molecule has 1 aromatic carbocycles. The summed E-state index contributed by atoms with van der Waals surface area (Å²) in [5.74, 6) is 0.489. The third kappa shape index (κ3) is 5.68. The number of ether oxygens (including phenoxy) is 2. The van der Waals surface area contributed by atoms with Crippen molar-refractivity contribution in [3.05, 3.63) is 23.8 Å². The molecular weight excluding hydrogens is 346 g/mol. The monoisotopic (exact) mass is 377 g/mol. The Balaban J connectivity index is 2.35. The Hall–Kier alpha value is -2.12. The van der Waals surface area contributed by atoms with E-state index >= 15 is 0 Å². The normalized spacial score (nSPS) is 24.3. The predicted octanol–water partition coefficient (Wildman–Crippen LogP) is 2.13. The molecule has 0 aromatic heterocycles. The van der Waals surface area contributed by atoms with E-state index in [0.29, 0.717) is 36.6 Å². The van der Waals surface area contributed by atoms with Crippen LogP contribution in [0.25, 0.3) is 0 Å². The van der Waals surface area contributed by atoms with Gasteiger partial charge in [-0.3, -0.25) is 9.59 Å². The van der Waals surface area contributed by atoms with Gasteiger partial charge in [-0.15, -0.1) is 0 Å². The fourth-order valence-electron chi connectivity index (χ4n) is 2.99. The van der Waals surface area contributed by atoms with E-state index in [1.807, 2.05) is 6.92 Å². The van der Waals surface area contributed by atoms with Crippen LogP contribution < -0.4 is 15.4 Å². The summed E-state index contributed by atoms with van der Waals surface area (Å²) in [4.78, 5) is 26.4. The van der Waals surface area contributed by atoms with Gasteiger partial charge in [-0.2, -0.15) is 0 Å². The molecule has 2 rings (SSSR count). The van der Waals surface area contributed by atoms with Crippen LogP contribution in [0.1, 0.15) is 37.6 Å². The summed E-state index contributed by atoms with van der Waals surface area (Å²) in [6.45, 7) is 7.62. The summed E-state index contributed by atoms with van der Waals surface area (Å²) in [6, 6.07) is 5.30. The van der Waals surface area contributed by atoms with Crippen molar-refractivity contribution in [1.29, 1.82) is 0 Å².